The lowest BCUT2D eigenvalue weighted by molar-refractivity contribution is -0.113. The molecule has 0 saturated carbocycles. The Kier molecular flexibility index (Phi) is 5.95. The fraction of sp³-hybridized carbons (Fsp3) is 0.278. The summed E-state index contributed by atoms with van der Waals surface area (Å²) in [6.07, 6.45) is 0. The van der Waals surface area contributed by atoms with Crippen LogP contribution in [-0.2, 0) is 11.3 Å². The van der Waals surface area contributed by atoms with Gasteiger partial charge in [-0.05, 0) is 37.4 Å². The van der Waals surface area contributed by atoms with Crippen LogP contribution in [0.2, 0.25) is 0 Å². The number of aromatic nitrogens is 2. The van der Waals surface area contributed by atoms with Crippen LogP contribution in [0.5, 0.6) is 5.75 Å². The van der Waals surface area contributed by atoms with E-state index in [1.54, 1.807) is 10.6 Å². The molecule has 0 atom stereocenters. The van der Waals surface area contributed by atoms with Gasteiger partial charge in [0.1, 0.15) is 10.4 Å². The third-order valence-electron chi connectivity index (χ3n) is 3.64. The predicted molar refractivity (Wildman–Crippen MR) is 107 cm³/mol. The number of thioether (sulfide) groups is 1. The molecule has 0 spiro atoms. The Morgan fingerprint density at radius 3 is 2.88 bits per heavy atom. The van der Waals surface area contributed by atoms with E-state index in [0.29, 0.717) is 40.0 Å². The number of benzene rings is 1. The highest BCUT2D eigenvalue weighted by Gasteiger charge is 2.14. The quantitative estimate of drug-likeness (QED) is 0.494. The number of ether oxygens (including phenoxy) is 1. The summed E-state index contributed by atoms with van der Waals surface area (Å²) in [4.78, 5) is 29.4. The van der Waals surface area contributed by atoms with Crippen molar-refractivity contribution in [2.75, 3.05) is 17.7 Å². The highest BCUT2D eigenvalue weighted by atomic mass is 32.2. The molecule has 0 fully saturated rings. The standard InChI is InChI=1S/C18H19N3O3S2/c1-3-21-17(23)16-13(9-10-25-16)20-18(21)26-11-15(22)19-12-7-5-6-8-14(12)24-4-2/h5-10H,3-4,11H2,1-2H3,(H,19,22). The molecule has 8 heteroatoms. The number of fused-ring (bicyclic) bond motifs is 1. The number of amides is 1. The molecule has 1 amide bonds. The Bertz CT molecular complexity index is 981. The van der Waals surface area contributed by atoms with Gasteiger partial charge in [0.05, 0.1) is 23.6 Å². The minimum Gasteiger partial charge on any atom is -0.492 e. The lowest BCUT2D eigenvalue weighted by Gasteiger charge is -2.12. The fourth-order valence-corrected chi connectivity index (χ4v) is 4.12. The molecule has 26 heavy (non-hydrogen) atoms. The van der Waals surface area contributed by atoms with Gasteiger partial charge in [0.25, 0.3) is 5.56 Å². The monoisotopic (exact) mass is 389 g/mol. The summed E-state index contributed by atoms with van der Waals surface area (Å²) in [6, 6.07) is 9.13. The number of nitrogens with one attached hydrogen (secondary N) is 1. The molecule has 0 saturated heterocycles. The first-order chi connectivity index (χ1) is 12.6. The number of hydrogen-bond acceptors (Lipinski definition) is 6. The van der Waals surface area contributed by atoms with Crippen LogP contribution in [0.1, 0.15) is 13.8 Å². The normalized spacial score (nSPS) is 10.8. The average Bonchev–Trinajstić information content (AvgIpc) is 3.11. The minimum absolute atomic E-state index is 0.0582. The molecule has 3 rings (SSSR count). The fourth-order valence-electron chi connectivity index (χ4n) is 2.48. The number of thiophene rings is 1. The second-order valence-electron chi connectivity index (χ2n) is 5.34. The predicted octanol–water partition coefficient (Wildman–Crippen LogP) is 3.61. The SMILES string of the molecule is CCOc1ccccc1NC(=O)CSc1nc2ccsc2c(=O)n1CC. The molecule has 0 aliphatic heterocycles. The van der Waals surface area contributed by atoms with Gasteiger partial charge in [0, 0.05) is 6.54 Å². The van der Waals surface area contributed by atoms with Crippen LogP contribution in [0.25, 0.3) is 10.2 Å². The van der Waals surface area contributed by atoms with Gasteiger partial charge in [-0.1, -0.05) is 23.9 Å². The molecule has 6 nitrogen and oxygen atoms in total. The highest BCUT2D eigenvalue weighted by Crippen LogP contribution is 2.25. The molecule has 0 aliphatic carbocycles. The van der Waals surface area contributed by atoms with Gasteiger partial charge >= 0.3 is 0 Å². The molecular formula is C18H19N3O3S2. The van der Waals surface area contributed by atoms with Crippen LogP contribution in [0.15, 0.2) is 45.7 Å². The van der Waals surface area contributed by atoms with Crippen molar-refractivity contribution in [3.8, 4) is 5.75 Å². The van der Waals surface area contributed by atoms with Crippen molar-refractivity contribution in [1.29, 1.82) is 0 Å². The molecule has 0 bridgehead atoms. The topological polar surface area (TPSA) is 73.2 Å². The Morgan fingerprint density at radius 1 is 1.31 bits per heavy atom. The summed E-state index contributed by atoms with van der Waals surface area (Å²) in [6.45, 7) is 4.82. The molecular weight excluding hydrogens is 370 g/mol. The third kappa shape index (κ3) is 3.91. The van der Waals surface area contributed by atoms with Gasteiger partial charge in [-0.3, -0.25) is 14.2 Å². The van der Waals surface area contributed by atoms with Crippen LogP contribution in [-0.4, -0.2) is 27.8 Å². The number of hydrogen-bond donors (Lipinski definition) is 1. The van der Waals surface area contributed by atoms with Crippen LogP contribution in [0.4, 0.5) is 5.69 Å². The van der Waals surface area contributed by atoms with Crippen molar-refractivity contribution in [3.05, 3.63) is 46.1 Å². The molecule has 2 aromatic heterocycles. The van der Waals surface area contributed by atoms with Crippen LogP contribution >= 0.6 is 23.1 Å². The number of nitrogens with zero attached hydrogens (tertiary/aromatic N) is 2. The molecule has 3 aromatic rings. The second-order valence-corrected chi connectivity index (χ2v) is 7.20. The summed E-state index contributed by atoms with van der Waals surface area (Å²) in [5, 5.41) is 5.26. The van der Waals surface area contributed by atoms with Crippen LogP contribution in [0.3, 0.4) is 0 Å². The average molecular weight is 390 g/mol. The third-order valence-corrected chi connectivity index (χ3v) is 5.51. The van der Waals surface area contributed by atoms with Crippen molar-refractivity contribution < 1.29 is 9.53 Å². The first-order valence-corrected chi connectivity index (χ1v) is 10.1. The summed E-state index contributed by atoms with van der Waals surface area (Å²) >= 11 is 2.64. The highest BCUT2D eigenvalue weighted by molar-refractivity contribution is 7.99. The van der Waals surface area contributed by atoms with E-state index in [1.807, 2.05) is 43.5 Å². The second kappa shape index (κ2) is 8.37. The smallest absolute Gasteiger partial charge is 0.272 e. The van der Waals surface area contributed by atoms with E-state index in [1.165, 1.54) is 23.1 Å². The zero-order valence-electron chi connectivity index (χ0n) is 14.5. The molecule has 0 aliphatic rings. The van der Waals surface area contributed by atoms with E-state index in [-0.39, 0.29) is 17.2 Å². The summed E-state index contributed by atoms with van der Waals surface area (Å²) in [7, 11) is 0. The van der Waals surface area contributed by atoms with E-state index >= 15 is 0 Å². The summed E-state index contributed by atoms with van der Waals surface area (Å²) in [5.74, 6) is 0.615. The van der Waals surface area contributed by atoms with Gasteiger partial charge in [-0.15, -0.1) is 11.3 Å². The van der Waals surface area contributed by atoms with Gasteiger partial charge in [-0.2, -0.15) is 0 Å². The van der Waals surface area contributed by atoms with Crippen molar-refractivity contribution in [2.24, 2.45) is 0 Å². The first kappa shape index (κ1) is 18.5. The van der Waals surface area contributed by atoms with Crippen molar-refractivity contribution in [2.45, 2.75) is 25.5 Å². The zero-order chi connectivity index (χ0) is 18.5. The van der Waals surface area contributed by atoms with Crippen LogP contribution < -0.4 is 15.6 Å². The summed E-state index contributed by atoms with van der Waals surface area (Å²) < 4.78 is 7.76. The zero-order valence-corrected chi connectivity index (χ0v) is 16.2. The van der Waals surface area contributed by atoms with Gasteiger partial charge < -0.3 is 10.1 Å². The lowest BCUT2D eigenvalue weighted by Crippen LogP contribution is -2.22. The number of carbonyl (C=O) groups excluding carboxylic acids is 1. The molecule has 1 N–H and O–H groups in total. The van der Waals surface area contributed by atoms with E-state index in [2.05, 4.69) is 10.3 Å². The first-order valence-electron chi connectivity index (χ1n) is 8.26. The molecule has 0 unspecified atom stereocenters. The van der Waals surface area contributed by atoms with E-state index in [4.69, 9.17) is 4.74 Å². The lowest BCUT2D eigenvalue weighted by atomic mass is 10.3. The van der Waals surface area contributed by atoms with Crippen LogP contribution in [0, 0.1) is 0 Å². The number of rotatable bonds is 7. The van der Waals surface area contributed by atoms with E-state index in [0.717, 1.165) is 0 Å². The van der Waals surface area contributed by atoms with Crippen molar-refractivity contribution >= 4 is 44.9 Å². The van der Waals surface area contributed by atoms with Gasteiger partial charge in [0.2, 0.25) is 5.91 Å². The Balaban J connectivity index is 1.74. The molecule has 136 valence electrons. The molecule has 2 heterocycles. The maximum Gasteiger partial charge on any atom is 0.272 e. The minimum atomic E-state index is -0.176. The van der Waals surface area contributed by atoms with E-state index < -0.39 is 0 Å². The Hall–Kier alpha value is -2.32. The van der Waals surface area contributed by atoms with Gasteiger partial charge in [0.15, 0.2) is 5.16 Å². The van der Waals surface area contributed by atoms with E-state index in [9.17, 15) is 9.59 Å². The maximum absolute atomic E-state index is 12.5. The summed E-state index contributed by atoms with van der Waals surface area (Å²) in [5.41, 5.74) is 1.25. The van der Waals surface area contributed by atoms with Gasteiger partial charge in [-0.25, -0.2) is 4.98 Å². The Morgan fingerprint density at radius 2 is 2.12 bits per heavy atom. The number of para-hydroxylation sites is 2. The molecule has 0 radical (unpaired) electrons. The number of carbonyl (C=O) groups is 1. The number of anilines is 1. The maximum atomic E-state index is 12.5. The molecule has 1 aromatic carbocycles. The van der Waals surface area contributed by atoms with Crippen molar-refractivity contribution in [3.63, 3.8) is 0 Å². The van der Waals surface area contributed by atoms with Crippen molar-refractivity contribution in [1.82, 2.24) is 9.55 Å². The Labute approximate surface area is 159 Å². The largest absolute Gasteiger partial charge is 0.492 e.